The molecule has 0 fully saturated rings. The summed E-state index contributed by atoms with van der Waals surface area (Å²) in [6, 6.07) is 5.78. The highest BCUT2D eigenvalue weighted by Gasteiger charge is 2.08. The first kappa shape index (κ1) is 9.84. The van der Waals surface area contributed by atoms with Crippen LogP contribution >= 0.6 is 0 Å². The van der Waals surface area contributed by atoms with Gasteiger partial charge in [-0.1, -0.05) is 12.1 Å². The molecule has 0 radical (unpaired) electrons. The summed E-state index contributed by atoms with van der Waals surface area (Å²) in [6.45, 7) is 5.61. The first-order valence-electron chi connectivity index (χ1n) is 4.97. The van der Waals surface area contributed by atoms with E-state index in [0.717, 1.165) is 22.0 Å². The second-order valence-corrected chi connectivity index (χ2v) is 3.81. The van der Waals surface area contributed by atoms with E-state index in [0.29, 0.717) is 0 Å². The van der Waals surface area contributed by atoms with E-state index < -0.39 is 0 Å². The summed E-state index contributed by atoms with van der Waals surface area (Å²) in [5, 5.41) is 2.11. The van der Waals surface area contributed by atoms with Crippen LogP contribution in [0.4, 0.5) is 0 Å². The summed E-state index contributed by atoms with van der Waals surface area (Å²) in [7, 11) is 0. The van der Waals surface area contributed by atoms with Crippen LogP contribution in [0.5, 0.6) is 0 Å². The Labute approximate surface area is 89.0 Å². The normalized spacial score (nSPS) is 10.6. The third-order valence-corrected chi connectivity index (χ3v) is 2.70. The molecular formula is C13H13NO. The van der Waals surface area contributed by atoms with E-state index in [1.807, 2.05) is 32.0 Å². The maximum atomic E-state index is 11.5. The van der Waals surface area contributed by atoms with Crippen LogP contribution in [0.15, 0.2) is 24.4 Å². The van der Waals surface area contributed by atoms with Crippen molar-refractivity contribution in [2.24, 2.45) is 0 Å². The van der Waals surface area contributed by atoms with E-state index in [1.165, 1.54) is 5.56 Å². The molecular weight excluding hydrogens is 186 g/mol. The number of carbonyl (C=O) groups is 1. The number of aryl methyl sites for hydroxylation is 2. The van der Waals surface area contributed by atoms with Gasteiger partial charge in [0, 0.05) is 22.8 Å². The summed E-state index contributed by atoms with van der Waals surface area (Å²) in [5.74, 6) is 0.102. The van der Waals surface area contributed by atoms with Gasteiger partial charge in [0.25, 0.3) is 0 Å². The summed E-state index contributed by atoms with van der Waals surface area (Å²) >= 11 is 0. The topological polar surface area (TPSA) is 30.0 Å². The van der Waals surface area contributed by atoms with Gasteiger partial charge in [-0.3, -0.25) is 9.78 Å². The van der Waals surface area contributed by atoms with Crippen LogP contribution < -0.4 is 0 Å². The number of Topliss-reactive ketones (excluding diaryl/α,β-unsaturated/α-hetero) is 1. The predicted octanol–water partition coefficient (Wildman–Crippen LogP) is 3.05. The quantitative estimate of drug-likeness (QED) is 0.661. The Hall–Kier alpha value is -1.70. The van der Waals surface area contributed by atoms with E-state index in [1.54, 1.807) is 13.1 Å². The second kappa shape index (κ2) is 3.46. The number of fused-ring (bicyclic) bond motifs is 1. The average Bonchev–Trinajstić information content (AvgIpc) is 2.17. The van der Waals surface area contributed by atoms with Gasteiger partial charge in [0.1, 0.15) is 0 Å². The molecule has 2 rings (SSSR count). The minimum Gasteiger partial charge on any atom is -0.294 e. The molecule has 0 aliphatic carbocycles. The molecule has 76 valence electrons. The largest absolute Gasteiger partial charge is 0.294 e. The van der Waals surface area contributed by atoms with Gasteiger partial charge in [-0.25, -0.2) is 0 Å². The molecule has 0 atom stereocenters. The van der Waals surface area contributed by atoms with Gasteiger partial charge in [-0.05, 0) is 37.8 Å². The molecule has 2 heteroatoms. The Morgan fingerprint density at radius 1 is 1.20 bits per heavy atom. The summed E-state index contributed by atoms with van der Waals surface area (Å²) in [5.41, 5.74) is 2.93. The van der Waals surface area contributed by atoms with Gasteiger partial charge in [0.2, 0.25) is 0 Å². The Morgan fingerprint density at radius 3 is 2.60 bits per heavy atom. The molecule has 1 aromatic heterocycles. The molecule has 2 aromatic rings. The summed E-state index contributed by atoms with van der Waals surface area (Å²) in [4.78, 5) is 15.7. The highest BCUT2D eigenvalue weighted by Crippen LogP contribution is 2.24. The Morgan fingerprint density at radius 2 is 1.93 bits per heavy atom. The van der Waals surface area contributed by atoms with Crippen LogP contribution in [0.3, 0.4) is 0 Å². The van der Waals surface area contributed by atoms with E-state index in [4.69, 9.17) is 0 Å². The first-order chi connectivity index (χ1) is 7.11. The Kier molecular flexibility index (Phi) is 2.27. The highest BCUT2D eigenvalue weighted by molar-refractivity contribution is 6.08. The van der Waals surface area contributed by atoms with Crippen LogP contribution in [-0.2, 0) is 0 Å². The monoisotopic (exact) mass is 199 g/mol. The van der Waals surface area contributed by atoms with E-state index in [9.17, 15) is 4.79 Å². The molecule has 0 saturated carbocycles. The number of rotatable bonds is 1. The van der Waals surface area contributed by atoms with Crippen LogP contribution in [0.2, 0.25) is 0 Å². The number of hydrogen-bond acceptors (Lipinski definition) is 2. The van der Waals surface area contributed by atoms with Crippen LogP contribution in [0.25, 0.3) is 10.8 Å². The fourth-order valence-electron chi connectivity index (χ4n) is 1.98. The van der Waals surface area contributed by atoms with Crippen molar-refractivity contribution < 1.29 is 4.79 Å². The van der Waals surface area contributed by atoms with E-state index >= 15 is 0 Å². The van der Waals surface area contributed by atoms with Crippen molar-refractivity contribution in [1.29, 1.82) is 0 Å². The number of aromatic nitrogens is 1. The van der Waals surface area contributed by atoms with Crippen LogP contribution in [-0.4, -0.2) is 10.8 Å². The van der Waals surface area contributed by atoms with Gasteiger partial charge in [0.05, 0.1) is 0 Å². The fraction of sp³-hybridized carbons (Fsp3) is 0.231. The summed E-state index contributed by atoms with van der Waals surface area (Å²) in [6.07, 6.45) is 1.75. The van der Waals surface area contributed by atoms with Gasteiger partial charge < -0.3 is 0 Å². The van der Waals surface area contributed by atoms with Gasteiger partial charge >= 0.3 is 0 Å². The van der Waals surface area contributed by atoms with Crippen molar-refractivity contribution in [3.8, 4) is 0 Å². The zero-order valence-corrected chi connectivity index (χ0v) is 9.16. The molecule has 0 aliphatic rings. The predicted molar refractivity (Wildman–Crippen MR) is 61.2 cm³/mol. The second-order valence-electron chi connectivity index (χ2n) is 3.81. The third-order valence-electron chi connectivity index (χ3n) is 2.70. The van der Waals surface area contributed by atoms with E-state index in [-0.39, 0.29) is 5.78 Å². The average molecular weight is 199 g/mol. The number of hydrogen-bond donors (Lipinski definition) is 0. The Balaban J connectivity index is 2.95. The number of pyridine rings is 1. The maximum Gasteiger partial charge on any atom is 0.160 e. The van der Waals surface area contributed by atoms with Gasteiger partial charge in [-0.15, -0.1) is 0 Å². The molecule has 0 N–H and O–H groups in total. The third kappa shape index (κ3) is 1.52. The van der Waals surface area contributed by atoms with Crippen molar-refractivity contribution in [3.05, 3.63) is 41.2 Å². The van der Waals surface area contributed by atoms with Crippen molar-refractivity contribution in [1.82, 2.24) is 4.98 Å². The molecule has 0 aliphatic heterocycles. The molecule has 0 amide bonds. The fourth-order valence-corrected chi connectivity index (χ4v) is 1.98. The zero-order valence-electron chi connectivity index (χ0n) is 9.16. The van der Waals surface area contributed by atoms with Crippen LogP contribution in [0, 0.1) is 13.8 Å². The standard InChI is InChI=1S/C13H13NO/c1-8-4-5-11(10(3)15)12-6-7-14-9(2)13(8)12/h4-7H,1-3H3. The Bertz CT molecular complexity index is 535. The molecule has 1 aromatic carbocycles. The lowest BCUT2D eigenvalue weighted by molar-refractivity contribution is 0.101. The molecule has 0 unspecified atom stereocenters. The number of benzene rings is 1. The smallest absolute Gasteiger partial charge is 0.160 e. The van der Waals surface area contributed by atoms with Crippen molar-refractivity contribution in [2.75, 3.05) is 0 Å². The van der Waals surface area contributed by atoms with Crippen molar-refractivity contribution in [3.63, 3.8) is 0 Å². The van der Waals surface area contributed by atoms with Gasteiger partial charge in [0.15, 0.2) is 5.78 Å². The van der Waals surface area contributed by atoms with Crippen molar-refractivity contribution >= 4 is 16.6 Å². The minimum absolute atomic E-state index is 0.102. The summed E-state index contributed by atoms with van der Waals surface area (Å²) < 4.78 is 0. The maximum absolute atomic E-state index is 11.5. The molecule has 1 heterocycles. The zero-order chi connectivity index (χ0) is 11.0. The highest BCUT2D eigenvalue weighted by atomic mass is 16.1. The lowest BCUT2D eigenvalue weighted by atomic mass is 9.98. The number of nitrogens with zero attached hydrogens (tertiary/aromatic N) is 1. The van der Waals surface area contributed by atoms with Crippen molar-refractivity contribution in [2.45, 2.75) is 20.8 Å². The van der Waals surface area contributed by atoms with Gasteiger partial charge in [-0.2, -0.15) is 0 Å². The lowest BCUT2D eigenvalue weighted by Crippen LogP contribution is -1.96. The molecule has 0 saturated heterocycles. The first-order valence-corrected chi connectivity index (χ1v) is 4.97. The lowest BCUT2D eigenvalue weighted by Gasteiger charge is -2.08. The molecule has 2 nitrogen and oxygen atoms in total. The number of carbonyl (C=O) groups excluding carboxylic acids is 1. The van der Waals surface area contributed by atoms with Crippen LogP contribution in [0.1, 0.15) is 28.5 Å². The SMILES string of the molecule is CC(=O)c1ccc(C)c2c(C)nccc12. The molecule has 0 bridgehead atoms. The molecule has 15 heavy (non-hydrogen) atoms. The van der Waals surface area contributed by atoms with E-state index in [2.05, 4.69) is 4.98 Å². The molecule has 0 spiro atoms. The number of ketones is 1. The minimum atomic E-state index is 0.102.